The van der Waals surface area contributed by atoms with Crippen molar-refractivity contribution in [2.24, 2.45) is 0 Å². The second kappa shape index (κ2) is 5.54. The lowest BCUT2D eigenvalue weighted by molar-refractivity contribution is -0.151. The number of nitrogens with zero attached hydrogens (tertiary/aromatic N) is 1. The van der Waals surface area contributed by atoms with Crippen LogP contribution in [0.2, 0.25) is 0 Å². The summed E-state index contributed by atoms with van der Waals surface area (Å²) in [4.78, 5) is 15.5. The Kier molecular flexibility index (Phi) is 3.58. The highest BCUT2D eigenvalue weighted by molar-refractivity contribution is 5.78. The molecule has 0 radical (unpaired) electrons. The van der Waals surface area contributed by atoms with Crippen LogP contribution < -0.4 is 4.74 Å². The van der Waals surface area contributed by atoms with E-state index in [1.807, 2.05) is 24.3 Å². The van der Waals surface area contributed by atoms with E-state index in [2.05, 4.69) is 4.98 Å². The summed E-state index contributed by atoms with van der Waals surface area (Å²) in [5, 5.41) is 9.27. The van der Waals surface area contributed by atoms with Gasteiger partial charge in [-0.2, -0.15) is 0 Å². The van der Waals surface area contributed by atoms with Gasteiger partial charge in [-0.3, -0.25) is 4.98 Å². The molecule has 1 aliphatic heterocycles. The zero-order valence-electron chi connectivity index (χ0n) is 11.6. The molecule has 2 heterocycles. The Balaban J connectivity index is 2.12. The van der Waals surface area contributed by atoms with Gasteiger partial charge in [0.05, 0.1) is 19.9 Å². The molecule has 1 unspecified atom stereocenters. The van der Waals surface area contributed by atoms with E-state index in [4.69, 9.17) is 9.47 Å². The smallest absolute Gasteiger partial charge is 0.337 e. The number of hydrogen-bond acceptors (Lipinski definition) is 4. The van der Waals surface area contributed by atoms with E-state index in [1.165, 1.54) is 0 Å². The number of aliphatic carboxylic acids is 1. The van der Waals surface area contributed by atoms with E-state index in [1.54, 1.807) is 19.5 Å². The van der Waals surface area contributed by atoms with Crippen LogP contribution in [0.5, 0.6) is 5.75 Å². The molecule has 5 nitrogen and oxygen atoms in total. The molecule has 0 bridgehead atoms. The average molecular weight is 285 g/mol. The molecular weight excluding hydrogens is 270 g/mol. The monoisotopic (exact) mass is 285 g/mol. The molecule has 1 aromatic carbocycles. The first-order chi connectivity index (χ1) is 10.2. The first kappa shape index (κ1) is 13.6. The van der Waals surface area contributed by atoms with E-state index in [9.17, 15) is 9.90 Å². The molecule has 1 N–H and O–H groups in total. The summed E-state index contributed by atoms with van der Waals surface area (Å²) in [5.41, 5.74) is 3.62. The number of methoxy groups -OCH3 is 1. The van der Waals surface area contributed by atoms with Crippen molar-refractivity contribution < 1.29 is 19.4 Å². The Morgan fingerprint density at radius 1 is 1.43 bits per heavy atom. The number of pyridine rings is 1. The van der Waals surface area contributed by atoms with Crippen LogP contribution in [0.1, 0.15) is 17.2 Å². The standard InChI is InChI=1S/C16H15NO4/c1-20-11-7-10(8-17-9-11)12-3-2-4-14-13(12)5-6-21-15(14)16(18)19/h2-4,7-9,15H,5-6H2,1H3,(H,18,19). The fourth-order valence-corrected chi connectivity index (χ4v) is 2.65. The van der Waals surface area contributed by atoms with Crippen molar-refractivity contribution in [3.63, 3.8) is 0 Å². The molecule has 2 aromatic rings. The molecule has 21 heavy (non-hydrogen) atoms. The molecule has 0 saturated heterocycles. The summed E-state index contributed by atoms with van der Waals surface area (Å²) in [6, 6.07) is 7.52. The van der Waals surface area contributed by atoms with E-state index in [-0.39, 0.29) is 0 Å². The number of carbonyl (C=O) groups is 1. The highest BCUT2D eigenvalue weighted by Gasteiger charge is 2.28. The van der Waals surface area contributed by atoms with E-state index in [0.29, 0.717) is 24.3 Å². The maximum atomic E-state index is 11.3. The summed E-state index contributed by atoms with van der Waals surface area (Å²) in [6.45, 7) is 0.401. The summed E-state index contributed by atoms with van der Waals surface area (Å²) in [7, 11) is 1.59. The van der Waals surface area contributed by atoms with Gasteiger partial charge in [0.1, 0.15) is 5.75 Å². The van der Waals surface area contributed by atoms with Crippen molar-refractivity contribution in [3.05, 3.63) is 47.8 Å². The molecule has 108 valence electrons. The number of carboxylic acid groups (broad SMARTS) is 1. The molecule has 0 amide bonds. The third-order valence-electron chi connectivity index (χ3n) is 3.62. The van der Waals surface area contributed by atoms with Crippen molar-refractivity contribution in [1.82, 2.24) is 4.98 Å². The Labute approximate surface area is 122 Å². The predicted molar refractivity (Wildman–Crippen MR) is 76.3 cm³/mol. The van der Waals surface area contributed by atoms with Gasteiger partial charge in [-0.1, -0.05) is 18.2 Å². The maximum Gasteiger partial charge on any atom is 0.337 e. The van der Waals surface area contributed by atoms with Gasteiger partial charge in [-0.25, -0.2) is 4.79 Å². The molecule has 0 saturated carbocycles. The lowest BCUT2D eigenvalue weighted by atomic mass is 9.90. The topological polar surface area (TPSA) is 68.7 Å². The van der Waals surface area contributed by atoms with E-state index in [0.717, 1.165) is 16.7 Å². The largest absolute Gasteiger partial charge is 0.495 e. The van der Waals surface area contributed by atoms with Gasteiger partial charge in [0.15, 0.2) is 6.10 Å². The number of fused-ring (bicyclic) bond motifs is 1. The lowest BCUT2D eigenvalue weighted by Gasteiger charge is -2.25. The minimum Gasteiger partial charge on any atom is -0.495 e. The second-order valence-corrected chi connectivity index (χ2v) is 4.83. The minimum absolute atomic E-state index is 0.401. The Morgan fingerprint density at radius 2 is 2.29 bits per heavy atom. The summed E-state index contributed by atoms with van der Waals surface area (Å²) in [6.07, 6.45) is 3.19. The number of benzene rings is 1. The lowest BCUT2D eigenvalue weighted by Crippen LogP contribution is -2.23. The normalized spacial score (nSPS) is 17.1. The Morgan fingerprint density at radius 3 is 3.05 bits per heavy atom. The number of ether oxygens (including phenoxy) is 2. The van der Waals surface area contributed by atoms with Crippen LogP contribution in [-0.2, 0) is 16.0 Å². The third-order valence-corrected chi connectivity index (χ3v) is 3.62. The van der Waals surface area contributed by atoms with Gasteiger partial charge in [0, 0.05) is 11.8 Å². The first-order valence-corrected chi connectivity index (χ1v) is 6.66. The fourth-order valence-electron chi connectivity index (χ4n) is 2.65. The van der Waals surface area contributed by atoms with Crippen LogP contribution in [0, 0.1) is 0 Å². The zero-order valence-corrected chi connectivity index (χ0v) is 11.6. The van der Waals surface area contributed by atoms with Gasteiger partial charge in [-0.15, -0.1) is 0 Å². The van der Waals surface area contributed by atoms with Gasteiger partial charge >= 0.3 is 5.97 Å². The zero-order chi connectivity index (χ0) is 14.8. The molecule has 1 atom stereocenters. The predicted octanol–water partition coefficient (Wildman–Crippen LogP) is 2.46. The number of rotatable bonds is 3. The summed E-state index contributed by atoms with van der Waals surface area (Å²) < 4.78 is 10.6. The second-order valence-electron chi connectivity index (χ2n) is 4.83. The quantitative estimate of drug-likeness (QED) is 0.938. The van der Waals surface area contributed by atoms with Crippen molar-refractivity contribution in [1.29, 1.82) is 0 Å². The minimum atomic E-state index is -0.961. The molecule has 0 aliphatic carbocycles. The maximum absolute atomic E-state index is 11.3. The van der Waals surface area contributed by atoms with Crippen molar-refractivity contribution in [3.8, 4) is 16.9 Å². The van der Waals surface area contributed by atoms with Crippen LogP contribution >= 0.6 is 0 Å². The van der Waals surface area contributed by atoms with Gasteiger partial charge < -0.3 is 14.6 Å². The molecule has 5 heteroatoms. The van der Waals surface area contributed by atoms with Gasteiger partial charge in [0.25, 0.3) is 0 Å². The molecule has 1 aliphatic rings. The number of carboxylic acids is 1. The van der Waals surface area contributed by atoms with Crippen molar-refractivity contribution in [2.45, 2.75) is 12.5 Å². The fraction of sp³-hybridized carbons (Fsp3) is 0.250. The van der Waals surface area contributed by atoms with E-state index >= 15 is 0 Å². The van der Waals surface area contributed by atoms with Crippen LogP contribution in [0.3, 0.4) is 0 Å². The highest BCUT2D eigenvalue weighted by atomic mass is 16.5. The summed E-state index contributed by atoms with van der Waals surface area (Å²) in [5.74, 6) is -0.288. The first-order valence-electron chi connectivity index (χ1n) is 6.66. The van der Waals surface area contributed by atoms with Crippen LogP contribution in [0.15, 0.2) is 36.7 Å². The number of aromatic nitrogens is 1. The van der Waals surface area contributed by atoms with Gasteiger partial charge in [0.2, 0.25) is 0 Å². The van der Waals surface area contributed by atoms with Crippen molar-refractivity contribution in [2.75, 3.05) is 13.7 Å². The average Bonchev–Trinajstić information content (AvgIpc) is 2.53. The SMILES string of the molecule is COc1cncc(-c2cccc3c2CCOC3C(=O)O)c1. The van der Waals surface area contributed by atoms with Crippen LogP contribution in [0.4, 0.5) is 0 Å². The Hall–Kier alpha value is -2.40. The van der Waals surface area contributed by atoms with E-state index < -0.39 is 12.1 Å². The molecule has 1 aromatic heterocycles. The van der Waals surface area contributed by atoms with Crippen LogP contribution in [-0.4, -0.2) is 29.8 Å². The third kappa shape index (κ3) is 2.48. The Bertz CT molecular complexity index is 684. The molecule has 0 spiro atoms. The van der Waals surface area contributed by atoms with Crippen LogP contribution in [0.25, 0.3) is 11.1 Å². The van der Waals surface area contributed by atoms with Crippen molar-refractivity contribution >= 4 is 5.97 Å². The number of hydrogen-bond donors (Lipinski definition) is 1. The summed E-state index contributed by atoms with van der Waals surface area (Å²) >= 11 is 0. The van der Waals surface area contributed by atoms with Gasteiger partial charge in [-0.05, 0) is 29.2 Å². The molecular formula is C16H15NO4. The molecule has 3 rings (SSSR count). The molecule has 0 fully saturated rings. The highest BCUT2D eigenvalue weighted by Crippen LogP contribution is 2.35.